The summed E-state index contributed by atoms with van der Waals surface area (Å²) in [6.45, 7) is 3.99. The van der Waals surface area contributed by atoms with Gasteiger partial charge in [0.1, 0.15) is 5.92 Å². The Morgan fingerprint density at radius 2 is 1.79 bits per heavy atom. The number of aryl methyl sites for hydroxylation is 2. The van der Waals surface area contributed by atoms with Crippen molar-refractivity contribution in [3.63, 3.8) is 0 Å². The summed E-state index contributed by atoms with van der Waals surface area (Å²) in [5.74, 6) is -0.828. The molecule has 2 aromatic rings. The van der Waals surface area contributed by atoms with Gasteiger partial charge in [-0.1, -0.05) is 0 Å². The van der Waals surface area contributed by atoms with Gasteiger partial charge in [0.05, 0.1) is 39.6 Å². The minimum atomic E-state index is -0.586. The normalized spacial score (nSPS) is 34.3. The monoisotopic (exact) mass is 359 g/mol. The number of hydrogen-bond donors (Lipinski definition) is 0. The fraction of sp³-hybridized carbons (Fsp3) is 0.500. The molecule has 5 atom stereocenters. The van der Waals surface area contributed by atoms with Gasteiger partial charge in [-0.25, -0.2) is 4.98 Å². The lowest BCUT2D eigenvalue weighted by molar-refractivity contribution is -0.127. The minimum Gasteiger partial charge on any atom is -0.373 e. The fourth-order valence-electron chi connectivity index (χ4n) is 4.62. The molecule has 0 N–H and O–H groups in total. The lowest BCUT2D eigenvalue weighted by atomic mass is 9.81. The zero-order chi connectivity index (χ0) is 16.6. The zero-order valence-electron chi connectivity index (χ0n) is 13.4. The summed E-state index contributed by atoms with van der Waals surface area (Å²) in [4.78, 5) is 32.6. The first-order valence-corrected chi connectivity index (χ1v) is 10.00. The van der Waals surface area contributed by atoms with E-state index in [1.165, 1.54) is 0 Å². The van der Waals surface area contributed by atoms with E-state index in [2.05, 4.69) is 4.98 Å². The van der Waals surface area contributed by atoms with Gasteiger partial charge in [-0.15, -0.1) is 22.7 Å². The second-order valence-corrected chi connectivity index (χ2v) is 9.27. The quantitative estimate of drug-likeness (QED) is 0.770. The lowest BCUT2D eigenvalue weighted by Gasteiger charge is -2.16. The summed E-state index contributed by atoms with van der Waals surface area (Å²) in [6, 6.07) is 2.01. The molecule has 2 aromatic heterocycles. The Kier molecular flexibility index (Phi) is 3.15. The number of nitrogens with zero attached hydrogens (tertiary/aromatic N) is 1. The summed E-state index contributed by atoms with van der Waals surface area (Å²) in [7, 11) is 0. The van der Waals surface area contributed by atoms with E-state index in [9.17, 15) is 9.59 Å². The molecule has 3 aliphatic rings. The van der Waals surface area contributed by atoms with Crippen molar-refractivity contribution in [3.05, 3.63) is 26.9 Å². The number of ether oxygens (including phenoxy) is 1. The number of thiophene rings is 1. The molecule has 2 bridgehead atoms. The number of ketones is 2. The van der Waals surface area contributed by atoms with E-state index in [1.807, 2.05) is 25.3 Å². The van der Waals surface area contributed by atoms with E-state index in [0.717, 1.165) is 38.9 Å². The van der Waals surface area contributed by atoms with Crippen LogP contribution < -0.4 is 0 Å². The minimum absolute atomic E-state index is 0.0268. The van der Waals surface area contributed by atoms with Gasteiger partial charge in [0.15, 0.2) is 11.6 Å². The molecule has 1 aliphatic carbocycles. The van der Waals surface area contributed by atoms with Gasteiger partial charge in [-0.3, -0.25) is 9.59 Å². The molecule has 3 unspecified atom stereocenters. The van der Waals surface area contributed by atoms with Gasteiger partial charge < -0.3 is 4.74 Å². The van der Waals surface area contributed by atoms with Crippen molar-refractivity contribution in [2.75, 3.05) is 0 Å². The predicted molar refractivity (Wildman–Crippen MR) is 92.5 cm³/mol. The van der Waals surface area contributed by atoms with Crippen LogP contribution in [0.5, 0.6) is 0 Å². The topological polar surface area (TPSA) is 56.3 Å². The molecule has 124 valence electrons. The number of thiazole rings is 1. The Balaban J connectivity index is 1.54. The van der Waals surface area contributed by atoms with E-state index < -0.39 is 5.92 Å². The highest BCUT2D eigenvalue weighted by Crippen LogP contribution is 2.53. The Hall–Kier alpha value is -1.37. The molecule has 1 saturated carbocycles. The molecular weight excluding hydrogens is 342 g/mol. The van der Waals surface area contributed by atoms with Crippen LogP contribution >= 0.6 is 22.7 Å². The van der Waals surface area contributed by atoms with Crippen LogP contribution in [0.2, 0.25) is 0 Å². The molecule has 0 radical (unpaired) electrons. The molecule has 0 aromatic carbocycles. The third-order valence-corrected chi connectivity index (χ3v) is 7.50. The number of rotatable bonds is 2. The molecular formula is C18H17NO3S2. The van der Waals surface area contributed by atoms with E-state index in [-0.39, 0.29) is 35.6 Å². The van der Waals surface area contributed by atoms with Crippen LogP contribution in [-0.4, -0.2) is 28.8 Å². The second-order valence-electron chi connectivity index (χ2n) is 6.95. The number of fused-ring (bicyclic) bond motifs is 5. The maximum Gasteiger partial charge on any atom is 0.154 e. The summed E-state index contributed by atoms with van der Waals surface area (Å²) >= 11 is 3.24. The predicted octanol–water partition coefficient (Wildman–Crippen LogP) is 3.52. The molecule has 6 heteroatoms. The van der Waals surface area contributed by atoms with Crippen LogP contribution in [0.4, 0.5) is 0 Å². The standard InChI is InChI=1S/C18H17NO3S2/c1-7-9(5-13(24-7)10-6-23-8(2)19-10)14-17(20)15-11-3-4-12(22-11)16(15)18(14)21/h5-6,11-12,14-16H,3-4H2,1-2H3/t11?,12?,14?,15-,16+. The van der Waals surface area contributed by atoms with Crippen molar-refractivity contribution in [1.29, 1.82) is 0 Å². The van der Waals surface area contributed by atoms with Gasteiger partial charge >= 0.3 is 0 Å². The number of carbonyl (C=O) groups is 2. The molecule has 0 spiro atoms. The molecule has 4 heterocycles. The van der Waals surface area contributed by atoms with Crippen molar-refractivity contribution in [3.8, 4) is 10.6 Å². The number of Topliss-reactive ketones (excluding diaryl/α,β-unsaturated/α-hetero) is 2. The van der Waals surface area contributed by atoms with Gasteiger partial charge in [-0.05, 0) is 38.3 Å². The molecule has 24 heavy (non-hydrogen) atoms. The summed E-state index contributed by atoms with van der Waals surface area (Å²) in [5.41, 5.74) is 1.84. The van der Waals surface area contributed by atoms with Crippen molar-refractivity contribution in [1.82, 2.24) is 4.98 Å². The van der Waals surface area contributed by atoms with Crippen LogP contribution in [0, 0.1) is 25.7 Å². The SMILES string of the molecule is Cc1nc(-c2cc(C3C(=O)[C@@H]4C5CCC(O5)[C@@H]4C3=O)c(C)s2)cs1. The average Bonchev–Trinajstić information content (AvgIpc) is 3.31. The molecule has 2 saturated heterocycles. The molecule has 0 amide bonds. The van der Waals surface area contributed by atoms with Crippen LogP contribution in [0.15, 0.2) is 11.4 Å². The van der Waals surface area contributed by atoms with E-state index in [4.69, 9.17) is 4.74 Å². The molecule has 2 aliphatic heterocycles. The summed E-state index contributed by atoms with van der Waals surface area (Å²) in [5, 5.41) is 3.06. The molecule has 4 nitrogen and oxygen atoms in total. The first-order chi connectivity index (χ1) is 11.5. The fourth-order valence-corrected chi connectivity index (χ4v) is 6.32. The summed E-state index contributed by atoms with van der Waals surface area (Å²) in [6.07, 6.45) is 1.79. The number of hydrogen-bond acceptors (Lipinski definition) is 6. The van der Waals surface area contributed by atoms with Gasteiger partial charge in [0.2, 0.25) is 0 Å². The Bertz CT molecular complexity index is 839. The first-order valence-electron chi connectivity index (χ1n) is 8.30. The third kappa shape index (κ3) is 1.90. The maximum atomic E-state index is 13.0. The van der Waals surface area contributed by atoms with Crippen LogP contribution in [0.25, 0.3) is 10.6 Å². The van der Waals surface area contributed by atoms with Crippen LogP contribution in [-0.2, 0) is 14.3 Å². The highest BCUT2D eigenvalue weighted by molar-refractivity contribution is 7.16. The number of aromatic nitrogens is 1. The third-order valence-electron chi connectivity index (χ3n) is 5.64. The first kappa shape index (κ1) is 14.9. The average molecular weight is 359 g/mol. The van der Waals surface area contributed by atoms with Crippen LogP contribution in [0.3, 0.4) is 0 Å². The van der Waals surface area contributed by atoms with Gasteiger partial charge in [0.25, 0.3) is 0 Å². The van der Waals surface area contributed by atoms with Crippen molar-refractivity contribution < 1.29 is 14.3 Å². The Labute approximate surface area is 147 Å². The number of carbonyl (C=O) groups excluding carboxylic acids is 2. The largest absolute Gasteiger partial charge is 0.373 e. The second kappa shape index (κ2) is 5.07. The Morgan fingerprint density at radius 3 is 2.38 bits per heavy atom. The van der Waals surface area contributed by atoms with Gasteiger partial charge in [0, 0.05) is 10.3 Å². The molecule has 3 fully saturated rings. The van der Waals surface area contributed by atoms with Crippen molar-refractivity contribution >= 4 is 34.2 Å². The van der Waals surface area contributed by atoms with E-state index in [0.29, 0.717) is 0 Å². The highest BCUT2D eigenvalue weighted by atomic mass is 32.1. The van der Waals surface area contributed by atoms with E-state index >= 15 is 0 Å². The smallest absolute Gasteiger partial charge is 0.154 e. The summed E-state index contributed by atoms with van der Waals surface area (Å²) < 4.78 is 5.82. The Morgan fingerprint density at radius 1 is 1.12 bits per heavy atom. The lowest BCUT2D eigenvalue weighted by Crippen LogP contribution is -2.29. The molecule has 5 rings (SSSR count). The van der Waals surface area contributed by atoms with Crippen molar-refractivity contribution in [2.45, 2.75) is 44.8 Å². The highest BCUT2D eigenvalue weighted by Gasteiger charge is 2.63. The van der Waals surface area contributed by atoms with Crippen molar-refractivity contribution in [2.24, 2.45) is 11.8 Å². The maximum absolute atomic E-state index is 13.0. The van der Waals surface area contributed by atoms with E-state index in [1.54, 1.807) is 22.7 Å². The zero-order valence-corrected chi connectivity index (χ0v) is 15.1. The van der Waals surface area contributed by atoms with Gasteiger partial charge in [-0.2, -0.15) is 0 Å². The van der Waals surface area contributed by atoms with Crippen LogP contribution in [0.1, 0.15) is 34.2 Å².